The lowest BCUT2D eigenvalue weighted by molar-refractivity contribution is -0.136. The van der Waals surface area contributed by atoms with Gasteiger partial charge in [-0.15, -0.1) is 11.8 Å². The Morgan fingerprint density at radius 2 is 2.05 bits per heavy atom. The first-order valence-electron chi connectivity index (χ1n) is 6.66. The number of rotatable bonds is 6. The Hall–Kier alpha value is -1.62. The summed E-state index contributed by atoms with van der Waals surface area (Å²) in [5, 5.41) is 10.6. The summed E-state index contributed by atoms with van der Waals surface area (Å²) in [6.45, 7) is 4.27. The standard InChI is InChI=1S/C15H18N2O2S/c1-10(2)9-13-16-12-6-4-3-5-11(12)15(17-13)20-8-7-14(18)19/h3-6,10H,7-9H2,1-2H3,(H,18,19). The average Bonchev–Trinajstić information content (AvgIpc) is 2.37. The Balaban J connectivity index is 2.31. The number of para-hydroxylation sites is 1. The van der Waals surface area contributed by atoms with E-state index in [0.717, 1.165) is 28.2 Å². The summed E-state index contributed by atoms with van der Waals surface area (Å²) >= 11 is 1.49. The second-order valence-electron chi connectivity index (χ2n) is 5.05. The van der Waals surface area contributed by atoms with Gasteiger partial charge in [0.25, 0.3) is 0 Å². The molecule has 2 rings (SSSR count). The van der Waals surface area contributed by atoms with Crippen LogP contribution in [0.15, 0.2) is 29.3 Å². The molecule has 0 radical (unpaired) electrons. The fourth-order valence-corrected chi connectivity index (χ4v) is 2.86. The van der Waals surface area contributed by atoms with Gasteiger partial charge in [-0.3, -0.25) is 4.79 Å². The molecule has 0 aliphatic heterocycles. The predicted molar refractivity (Wildman–Crippen MR) is 81.1 cm³/mol. The van der Waals surface area contributed by atoms with Gasteiger partial charge in [0.15, 0.2) is 0 Å². The zero-order valence-electron chi connectivity index (χ0n) is 11.7. The first kappa shape index (κ1) is 14.8. The molecule has 0 fully saturated rings. The van der Waals surface area contributed by atoms with Gasteiger partial charge in [-0.2, -0.15) is 0 Å². The Morgan fingerprint density at radius 3 is 2.75 bits per heavy atom. The molecule has 0 aliphatic carbocycles. The summed E-state index contributed by atoms with van der Waals surface area (Å²) in [6.07, 6.45) is 0.972. The van der Waals surface area contributed by atoms with E-state index in [2.05, 4.69) is 23.8 Å². The van der Waals surface area contributed by atoms with Crippen LogP contribution in [0, 0.1) is 5.92 Å². The zero-order chi connectivity index (χ0) is 14.5. The topological polar surface area (TPSA) is 63.1 Å². The van der Waals surface area contributed by atoms with Crippen LogP contribution in [0.3, 0.4) is 0 Å². The highest BCUT2D eigenvalue weighted by molar-refractivity contribution is 7.99. The number of thioether (sulfide) groups is 1. The molecule has 5 heteroatoms. The molecule has 4 nitrogen and oxygen atoms in total. The average molecular weight is 290 g/mol. The minimum atomic E-state index is -0.779. The minimum absolute atomic E-state index is 0.141. The lowest BCUT2D eigenvalue weighted by atomic mass is 10.1. The van der Waals surface area contributed by atoms with Crippen molar-refractivity contribution in [1.29, 1.82) is 0 Å². The molecule has 106 valence electrons. The van der Waals surface area contributed by atoms with Crippen LogP contribution in [-0.2, 0) is 11.2 Å². The molecule has 0 aliphatic rings. The second-order valence-corrected chi connectivity index (χ2v) is 6.14. The number of carbonyl (C=O) groups is 1. The smallest absolute Gasteiger partial charge is 0.304 e. The van der Waals surface area contributed by atoms with Gasteiger partial charge in [0.1, 0.15) is 10.9 Å². The highest BCUT2D eigenvalue weighted by Crippen LogP contribution is 2.26. The first-order chi connectivity index (χ1) is 9.56. The quantitative estimate of drug-likeness (QED) is 0.652. The molecule has 1 aromatic heterocycles. The number of hydrogen-bond acceptors (Lipinski definition) is 4. The van der Waals surface area contributed by atoms with Crippen LogP contribution < -0.4 is 0 Å². The summed E-state index contributed by atoms with van der Waals surface area (Å²) in [5.41, 5.74) is 0.927. The van der Waals surface area contributed by atoms with E-state index >= 15 is 0 Å². The van der Waals surface area contributed by atoms with Crippen molar-refractivity contribution in [3.63, 3.8) is 0 Å². The van der Waals surface area contributed by atoms with Crippen molar-refractivity contribution < 1.29 is 9.90 Å². The number of carboxylic acids is 1. The monoisotopic (exact) mass is 290 g/mol. The molecule has 1 N–H and O–H groups in total. The third-order valence-electron chi connectivity index (χ3n) is 2.76. The van der Waals surface area contributed by atoms with Crippen molar-refractivity contribution in [2.75, 3.05) is 5.75 Å². The first-order valence-corrected chi connectivity index (χ1v) is 7.65. The molecular formula is C15H18N2O2S. The third kappa shape index (κ3) is 3.93. The molecule has 0 spiro atoms. The maximum atomic E-state index is 10.6. The van der Waals surface area contributed by atoms with Gasteiger partial charge in [-0.05, 0) is 12.0 Å². The Kier molecular flexibility index (Phi) is 4.95. The molecule has 0 bridgehead atoms. The predicted octanol–water partition coefficient (Wildman–Crippen LogP) is 3.40. The molecule has 0 saturated heterocycles. The highest BCUT2D eigenvalue weighted by atomic mass is 32.2. The maximum absolute atomic E-state index is 10.6. The molecule has 0 saturated carbocycles. The number of nitrogens with zero attached hydrogens (tertiary/aromatic N) is 2. The van der Waals surface area contributed by atoms with Gasteiger partial charge >= 0.3 is 5.97 Å². The summed E-state index contributed by atoms with van der Waals surface area (Å²) in [7, 11) is 0. The number of carboxylic acid groups (broad SMARTS) is 1. The lowest BCUT2D eigenvalue weighted by Crippen LogP contribution is -2.03. The van der Waals surface area contributed by atoms with Crippen LogP contribution in [0.5, 0.6) is 0 Å². The number of benzene rings is 1. The summed E-state index contributed by atoms with van der Waals surface area (Å²) in [5.74, 6) is 1.07. The van der Waals surface area contributed by atoms with Crippen LogP contribution in [0.2, 0.25) is 0 Å². The van der Waals surface area contributed by atoms with Crippen molar-refractivity contribution in [2.24, 2.45) is 5.92 Å². The van der Waals surface area contributed by atoms with Crippen molar-refractivity contribution in [3.8, 4) is 0 Å². The van der Waals surface area contributed by atoms with Gasteiger partial charge in [-0.25, -0.2) is 9.97 Å². The normalized spacial score (nSPS) is 11.2. The fraction of sp³-hybridized carbons (Fsp3) is 0.400. The van der Waals surface area contributed by atoms with E-state index in [4.69, 9.17) is 5.11 Å². The van der Waals surface area contributed by atoms with Crippen LogP contribution in [0.1, 0.15) is 26.1 Å². The van der Waals surface area contributed by atoms with Crippen molar-refractivity contribution in [1.82, 2.24) is 9.97 Å². The van der Waals surface area contributed by atoms with Crippen LogP contribution in [-0.4, -0.2) is 26.8 Å². The molecule has 2 aromatic rings. The second kappa shape index (κ2) is 6.70. The van der Waals surface area contributed by atoms with Gasteiger partial charge in [0.05, 0.1) is 11.9 Å². The Bertz CT molecular complexity index is 614. The molecule has 0 amide bonds. The minimum Gasteiger partial charge on any atom is -0.481 e. The zero-order valence-corrected chi connectivity index (χ0v) is 12.5. The number of aliphatic carboxylic acids is 1. The summed E-state index contributed by atoms with van der Waals surface area (Å²) < 4.78 is 0. The number of fused-ring (bicyclic) bond motifs is 1. The lowest BCUT2D eigenvalue weighted by Gasteiger charge is -2.09. The van der Waals surface area contributed by atoms with Crippen molar-refractivity contribution in [2.45, 2.75) is 31.7 Å². The van der Waals surface area contributed by atoms with Crippen molar-refractivity contribution in [3.05, 3.63) is 30.1 Å². The number of hydrogen-bond donors (Lipinski definition) is 1. The van der Waals surface area contributed by atoms with E-state index in [-0.39, 0.29) is 6.42 Å². The largest absolute Gasteiger partial charge is 0.481 e. The molecule has 0 atom stereocenters. The number of aromatic nitrogens is 2. The Labute approximate surface area is 122 Å². The fourth-order valence-electron chi connectivity index (χ4n) is 1.89. The third-order valence-corrected chi connectivity index (χ3v) is 3.75. The van der Waals surface area contributed by atoms with Crippen LogP contribution in [0.25, 0.3) is 10.9 Å². The Morgan fingerprint density at radius 1 is 1.30 bits per heavy atom. The highest BCUT2D eigenvalue weighted by Gasteiger charge is 2.10. The van der Waals surface area contributed by atoms with Crippen LogP contribution in [0.4, 0.5) is 0 Å². The van der Waals surface area contributed by atoms with Crippen molar-refractivity contribution >= 4 is 28.6 Å². The van der Waals surface area contributed by atoms with E-state index in [9.17, 15) is 4.79 Å². The summed E-state index contributed by atoms with van der Waals surface area (Å²) in [6, 6.07) is 7.87. The maximum Gasteiger partial charge on any atom is 0.304 e. The molecular weight excluding hydrogens is 272 g/mol. The van der Waals surface area contributed by atoms with E-state index in [1.165, 1.54) is 11.8 Å². The van der Waals surface area contributed by atoms with E-state index in [1.54, 1.807) is 0 Å². The van der Waals surface area contributed by atoms with Gasteiger partial charge < -0.3 is 5.11 Å². The van der Waals surface area contributed by atoms with E-state index in [0.29, 0.717) is 11.7 Å². The van der Waals surface area contributed by atoms with Crippen LogP contribution >= 0.6 is 11.8 Å². The van der Waals surface area contributed by atoms with Gasteiger partial charge in [0, 0.05) is 17.6 Å². The van der Waals surface area contributed by atoms with Gasteiger partial charge in [0.2, 0.25) is 0 Å². The molecule has 20 heavy (non-hydrogen) atoms. The SMILES string of the molecule is CC(C)Cc1nc(SCCC(=O)O)c2ccccc2n1. The molecule has 1 aromatic carbocycles. The molecule has 1 heterocycles. The van der Waals surface area contributed by atoms with E-state index in [1.807, 2.05) is 24.3 Å². The van der Waals surface area contributed by atoms with Gasteiger partial charge in [-0.1, -0.05) is 32.0 Å². The summed E-state index contributed by atoms with van der Waals surface area (Å²) in [4.78, 5) is 19.8. The van der Waals surface area contributed by atoms with E-state index < -0.39 is 5.97 Å². The molecule has 0 unspecified atom stereocenters.